The van der Waals surface area contributed by atoms with E-state index in [-0.39, 0.29) is 5.54 Å². The van der Waals surface area contributed by atoms with Gasteiger partial charge < -0.3 is 4.90 Å². The fourth-order valence-corrected chi connectivity index (χ4v) is 3.81. The summed E-state index contributed by atoms with van der Waals surface area (Å²) >= 11 is 1.92. The first kappa shape index (κ1) is 12.2. The van der Waals surface area contributed by atoms with Gasteiger partial charge in [-0.3, -0.25) is 10.1 Å². The molecule has 3 unspecified atom stereocenters. The Bertz CT molecular complexity index is 284. The van der Waals surface area contributed by atoms with E-state index >= 15 is 0 Å². The molecular weight excluding hydrogens is 220 g/mol. The fourth-order valence-electron chi connectivity index (χ4n) is 2.81. The Morgan fingerprint density at radius 1 is 1.56 bits per heavy atom. The van der Waals surface area contributed by atoms with E-state index in [1.807, 2.05) is 18.7 Å². The van der Waals surface area contributed by atoms with Crippen LogP contribution in [0.2, 0.25) is 0 Å². The first-order valence-corrected chi connectivity index (χ1v) is 7.50. The van der Waals surface area contributed by atoms with Gasteiger partial charge in [-0.25, -0.2) is 0 Å². The molecule has 1 aliphatic heterocycles. The molecule has 4 heteroatoms. The third-order valence-corrected chi connectivity index (χ3v) is 5.36. The van der Waals surface area contributed by atoms with Crippen molar-refractivity contribution in [1.29, 1.82) is 0 Å². The van der Waals surface area contributed by atoms with Crippen molar-refractivity contribution in [2.45, 2.75) is 56.4 Å². The molecule has 0 aromatic heterocycles. The van der Waals surface area contributed by atoms with Crippen LogP contribution in [-0.4, -0.2) is 40.6 Å². The van der Waals surface area contributed by atoms with Gasteiger partial charge in [0.15, 0.2) is 0 Å². The van der Waals surface area contributed by atoms with E-state index in [1.54, 1.807) is 0 Å². The predicted octanol–water partition coefficient (Wildman–Crippen LogP) is 1.83. The first-order chi connectivity index (χ1) is 7.62. The zero-order valence-electron chi connectivity index (χ0n) is 10.5. The molecule has 0 spiro atoms. The predicted molar refractivity (Wildman–Crippen MR) is 68.5 cm³/mol. The van der Waals surface area contributed by atoms with Crippen LogP contribution in [0.3, 0.4) is 0 Å². The summed E-state index contributed by atoms with van der Waals surface area (Å²) < 4.78 is 0. The third-order valence-electron chi connectivity index (χ3n) is 4.20. The molecule has 1 amide bonds. The topological polar surface area (TPSA) is 32.3 Å². The van der Waals surface area contributed by atoms with Crippen LogP contribution < -0.4 is 5.32 Å². The Hall–Kier alpha value is -0.220. The van der Waals surface area contributed by atoms with Crippen LogP contribution in [-0.2, 0) is 4.79 Å². The molecule has 3 nitrogen and oxygen atoms in total. The Balaban J connectivity index is 2.09. The zero-order valence-corrected chi connectivity index (χ0v) is 11.3. The second-order valence-corrected chi connectivity index (χ2v) is 6.14. The fraction of sp³-hybridized carbons (Fsp3) is 0.917. The summed E-state index contributed by atoms with van der Waals surface area (Å²) in [7, 11) is 0. The number of rotatable bonds is 3. The highest BCUT2D eigenvalue weighted by molar-refractivity contribution is 7.99. The van der Waals surface area contributed by atoms with E-state index in [0.717, 1.165) is 13.1 Å². The van der Waals surface area contributed by atoms with Gasteiger partial charge in [-0.1, -0.05) is 13.3 Å². The number of hydrogen-bond acceptors (Lipinski definition) is 3. The van der Waals surface area contributed by atoms with Gasteiger partial charge in [0.2, 0.25) is 5.91 Å². The lowest BCUT2D eigenvalue weighted by Gasteiger charge is -2.29. The highest BCUT2D eigenvalue weighted by Crippen LogP contribution is 2.35. The van der Waals surface area contributed by atoms with Crippen LogP contribution in [0.15, 0.2) is 0 Å². The summed E-state index contributed by atoms with van der Waals surface area (Å²) in [4.78, 5) is 14.4. The van der Waals surface area contributed by atoms with Gasteiger partial charge in [0.25, 0.3) is 0 Å². The van der Waals surface area contributed by atoms with E-state index in [4.69, 9.17) is 0 Å². The number of hydrogen-bond donors (Lipinski definition) is 1. The minimum absolute atomic E-state index is 0.306. The smallest absolute Gasteiger partial charge is 0.243 e. The second kappa shape index (κ2) is 4.57. The second-order valence-electron chi connectivity index (χ2n) is 5.07. The number of amides is 1. The lowest BCUT2D eigenvalue weighted by molar-refractivity contribution is -0.133. The molecule has 2 rings (SSSR count). The lowest BCUT2D eigenvalue weighted by atomic mass is 9.99. The van der Waals surface area contributed by atoms with E-state index in [2.05, 4.69) is 23.4 Å². The van der Waals surface area contributed by atoms with Gasteiger partial charge >= 0.3 is 0 Å². The Morgan fingerprint density at radius 2 is 2.31 bits per heavy atom. The lowest BCUT2D eigenvalue weighted by Crippen LogP contribution is -2.46. The monoisotopic (exact) mass is 242 g/mol. The summed E-state index contributed by atoms with van der Waals surface area (Å²) in [6.07, 6.45) is 6.74. The van der Waals surface area contributed by atoms with E-state index < -0.39 is 0 Å². The maximum Gasteiger partial charge on any atom is 0.243 e. The SMILES string of the molecule is CCC1(C)NCN(C2CCCC2SC)C1=O. The molecule has 16 heavy (non-hydrogen) atoms. The van der Waals surface area contributed by atoms with Crippen molar-refractivity contribution in [2.75, 3.05) is 12.9 Å². The zero-order chi connectivity index (χ0) is 11.8. The molecule has 2 fully saturated rings. The molecule has 1 saturated carbocycles. The maximum absolute atomic E-state index is 12.4. The molecule has 1 saturated heterocycles. The average Bonchev–Trinajstić information content (AvgIpc) is 2.86. The van der Waals surface area contributed by atoms with Gasteiger partial charge in [0, 0.05) is 11.3 Å². The maximum atomic E-state index is 12.4. The minimum Gasteiger partial charge on any atom is -0.324 e. The number of carbonyl (C=O) groups is 1. The summed E-state index contributed by atoms with van der Waals surface area (Å²) in [6.45, 7) is 4.85. The van der Waals surface area contributed by atoms with Crippen LogP contribution in [0.1, 0.15) is 39.5 Å². The van der Waals surface area contributed by atoms with Crippen molar-refractivity contribution < 1.29 is 4.79 Å². The average molecular weight is 242 g/mol. The van der Waals surface area contributed by atoms with Crippen LogP contribution in [0.4, 0.5) is 0 Å². The molecule has 3 atom stereocenters. The quantitative estimate of drug-likeness (QED) is 0.819. The Morgan fingerprint density at radius 3 is 2.88 bits per heavy atom. The van der Waals surface area contributed by atoms with E-state index in [0.29, 0.717) is 17.2 Å². The van der Waals surface area contributed by atoms with Gasteiger partial charge in [-0.15, -0.1) is 0 Å². The van der Waals surface area contributed by atoms with Crippen molar-refractivity contribution in [2.24, 2.45) is 0 Å². The molecule has 1 heterocycles. The summed E-state index contributed by atoms with van der Waals surface area (Å²) in [6, 6.07) is 0.461. The summed E-state index contributed by atoms with van der Waals surface area (Å²) in [5.41, 5.74) is -0.314. The van der Waals surface area contributed by atoms with Crippen molar-refractivity contribution in [3.8, 4) is 0 Å². The first-order valence-electron chi connectivity index (χ1n) is 6.21. The molecule has 0 radical (unpaired) electrons. The highest BCUT2D eigenvalue weighted by atomic mass is 32.2. The van der Waals surface area contributed by atoms with Crippen LogP contribution in [0.25, 0.3) is 0 Å². The van der Waals surface area contributed by atoms with Crippen molar-refractivity contribution >= 4 is 17.7 Å². The third kappa shape index (κ3) is 1.86. The molecule has 0 aromatic rings. The van der Waals surface area contributed by atoms with Crippen LogP contribution >= 0.6 is 11.8 Å². The van der Waals surface area contributed by atoms with E-state index in [1.165, 1.54) is 19.3 Å². The Labute approximate surface area is 102 Å². The van der Waals surface area contributed by atoms with Gasteiger partial charge in [-0.2, -0.15) is 11.8 Å². The molecule has 2 aliphatic rings. The van der Waals surface area contributed by atoms with Gasteiger partial charge in [-0.05, 0) is 32.4 Å². The largest absolute Gasteiger partial charge is 0.324 e. The number of carbonyl (C=O) groups excluding carboxylic acids is 1. The molecular formula is C12H22N2OS. The molecule has 1 N–H and O–H groups in total. The van der Waals surface area contributed by atoms with Crippen molar-refractivity contribution in [3.05, 3.63) is 0 Å². The molecule has 92 valence electrons. The number of thioether (sulfide) groups is 1. The summed E-state index contributed by atoms with van der Waals surface area (Å²) in [5.74, 6) is 0.306. The molecule has 0 bridgehead atoms. The van der Waals surface area contributed by atoms with Gasteiger partial charge in [0.05, 0.1) is 12.2 Å². The van der Waals surface area contributed by atoms with Crippen molar-refractivity contribution in [1.82, 2.24) is 10.2 Å². The highest BCUT2D eigenvalue weighted by Gasteiger charge is 2.46. The number of nitrogens with one attached hydrogen (secondary N) is 1. The van der Waals surface area contributed by atoms with Crippen LogP contribution in [0, 0.1) is 0 Å². The van der Waals surface area contributed by atoms with Gasteiger partial charge in [0.1, 0.15) is 0 Å². The van der Waals surface area contributed by atoms with E-state index in [9.17, 15) is 4.79 Å². The van der Waals surface area contributed by atoms with Crippen molar-refractivity contribution in [3.63, 3.8) is 0 Å². The van der Waals surface area contributed by atoms with Crippen LogP contribution in [0.5, 0.6) is 0 Å². The minimum atomic E-state index is -0.314. The Kier molecular flexibility index (Phi) is 3.50. The normalized spacial score (nSPS) is 39.7. The number of nitrogens with zero attached hydrogens (tertiary/aromatic N) is 1. The standard InChI is InChI=1S/C12H22N2OS/c1-4-12(2)11(15)14(8-13-12)9-6-5-7-10(9)16-3/h9-10,13H,4-8H2,1-3H3. The molecule has 1 aliphatic carbocycles. The molecule has 0 aromatic carbocycles. The summed E-state index contributed by atoms with van der Waals surface area (Å²) in [5, 5.41) is 4.01.